The number of carbonyl (C=O) groups excluding carboxylic acids is 1. The van der Waals surface area contributed by atoms with Crippen molar-refractivity contribution in [3.8, 4) is 33.6 Å². The standard InChI is InChI=1S/C27H20N4O2S/c1-31-26(33)23(25(32)29-27-28-21(17-34-27)18-11-5-2-6-12-18)22(19-13-7-3-8-14-19)24(30-31)20-15-9-4-10-16-20/h2-17H,1H3,(H,28,29,32). The van der Waals surface area contributed by atoms with Crippen LogP contribution in [0.15, 0.2) is 101 Å². The number of thiazole rings is 1. The number of aryl methyl sites for hydroxylation is 1. The summed E-state index contributed by atoms with van der Waals surface area (Å²) in [6.45, 7) is 0. The highest BCUT2D eigenvalue weighted by Crippen LogP contribution is 2.32. The molecule has 0 radical (unpaired) electrons. The Morgan fingerprint density at radius 3 is 2.00 bits per heavy atom. The number of hydrogen-bond donors (Lipinski definition) is 1. The zero-order chi connectivity index (χ0) is 23.5. The zero-order valence-electron chi connectivity index (χ0n) is 18.3. The molecule has 0 aliphatic rings. The van der Waals surface area contributed by atoms with Crippen LogP contribution in [0.3, 0.4) is 0 Å². The third-order valence-corrected chi connectivity index (χ3v) is 6.13. The molecule has 6 nitrogen and oxygen atoms in total. The number of carbonyl (C=O) groups is 1. The molecule has 0 bridgehead atoms. The third-order valence-electron chi connectivity index (χ3n) is 5.38. The Morgan fingerprint density at radius 1 is 0.824 bits per heavy atom. The molecule has 5 rings (SSSR count). The number of benzene rings is 3. The highest BCUT2D eigenvalue weighted by Gasteiger charge is 2.25. The molecule has 2 aromatic heterocycles. The molecule has 34 heavy (non-hydrogen) atoms. The van der Waals surface area contributed by atoms with Crippen molar-refractivity contribution < 1.29 is 4.79 Å². The minimum atomic E-state index is -0.520. The van der Waals surface area contributed by atoms with Crippen molar-refractivity contribution in [3.63, 3.8) is 0 Å². The van der Waals surface area contributed by atoms with Gasteiger partial charge in [0.15, 0.2) is 5.13 Å². The Morgan fingerprint density at radius 2 is 1.38 bits per heavy atom. The number of anilines is 1. The first-order chi connectivity index (χ1) is 16.6. The summed E-state index contributed by atoms with van der Waals surface area (Å²) in [5.74, 6) is -0.520. The summed E-state index contributed by atoms with van der Waals surface area (Å²) in [5, 5.41) is 9.65. The van der Waals surface area contributed by atoms with Gasteiger partial charge in [-0.3, -0.25) is 14.9 Å². The van der Waals surface area contributed by atoms with Gasteiger partial charge in [0.05, 0.1) is 11.4 Å². The molecule has 5 aromatic rings. The fourth-order valence-corrected chi connectivity index (χ4v) is 4.47. The molecule has 0 spiro atoms. The molecule has 0 saturated carbocycles. The number of amides is 1. The average molecular weight is 465 g/mol. The quantitative estimate of drug-likeness (QED) is 0.373. The maximum atomic E-state index is 13.5. The largest absolute Gasteiger partial charge is 0.298 e. The molecule has 0 aliphatic carbocycles. The summed E-state index contributed by atoms with van der Waals surface area (Å²) in [6.07, 6.45) is 0. The topological polar surface area (TPSA) is 76.9 Å². The van der Waals surface area contributed by atoms with Crippen LogP contribution in [0.4, 0.5) is 5.13 Å². The smallest absolute Gasteiger partial charge is 0.280 e. The second-order valence-corrected chi connectivity index (χ2v) is 8.48. The normalized spacial score (nSPS) is 10.7. The molecule has 3 aromatic carbocycles. The summed E-state index contributed by atoms with van der Waals surface area (Å²) < 4.78 is 1.21. The van der Waals surface area contributed by atoms with Crippen LogP contribution >= 0.6 is 11.3 Å². The number of nitrogens with one attached hydrogen (secondary N) is 1. The van der Waals surface area contributed by atoms with Gasteiger partial charge in [0.2, 0.25) is 0 Å². The number of rotatable bonds is 5. The summed E-state index contributed by atoms with van der Waals surface area (Å²) >= 11 is 1.31. The minimum absolute atomic E-state index is 0.0269. The number of nitrogens with zero attached hydrogens (tertiary/aromatic N) is 3. The van der Waals surface area contributed by atoms with Crippen LogP contribution in [0, 0.1) is 0 Å². The van der Waals surface area contributed by atoms with Gasteiger partial charge in [0.1, 0.15) is 5.56 Å². The van der Waals surface area contributed by atoms with Gasteiger partial charge >= 0.3 is 0 Å². The lowest BCUT2D eigenvalue weighted by atomic mass is 9.95. The van der Waals surface area contributed by atoms with E-state index in [4.69, 9.17) is 0 Å². The predicted octanol–water partition coefficient (Wildman–Crippen LogP) is 5.49. The Kier molecular flexibility index (Phi) is 5.84. The van der Waals surface area contributed by atoms with Gasteiger partial charge in [-0.1, -0.05) is 91.0 Å². The highest BCUT2D eigenvalue weighted by atomic mass is 32.1. The van der Waals surface area contributed by atoms with E-state index in [9.17, 15) is 9.59 Å². The highest BCUT2D eigenvalue weighted by molar-refractivity contribution is 7.14. The van der Waals surface area contributed by atoms with E-state index in [1.807, 2.05) is 96.4 Å². The monoisotopic (exact) mass is 464 g/mol. The first-order valence-corrected chi connectivity index (χ1v) is 11.5. The molecule has 0 atom stereocenters. The van der Waals surface area contributed by atoms with Crippen molar-refractivity contribution in [1.29, 1.82) is 0 Å². The molecular formula is C27H20N4O2S. The molecule has 1 amide bonds. The van der Waals surface area contributed by atoms with Gasteiger partial charge in [-0.25, -0.2) is 9.67 Å². The van der Waals surface area contributed by atoms with E-state index < -0.39 is 11.5 Å². The van der Waals surface area contributed by atoms with Gasteiger partial charge in [-0.05, 0) is 5.56 Å². The maximum absolute atomic E-state index is 13.5. The molecule has 7 heteroatoms. The Balaban J connectivity index is 1.62. The van der Waals surface area contributed by atoms with Crippen molar-refractivity contribution >= 4 is 22.4 Å². The van der Waals surface area contributed by atoms with Crippen LogP contribution in [-0.2, 0) is 7.05 Å². The van der Waals surface area contributed by atoms with E-state index in [1.165, 1.54) is 16.0 Å². The van der Waals surface area contributed by atoms with E-state index in [2.05, 4.69) is 15.4 Å². The van der Waals surface area contributed by atoms with Crippen LogP contribution in [0.1, 0.15) is 10.4 Å². The van der Waals surface area contributed by atoms with Crippen LogP contribution in [0.5, 0.6) is 0 Å². The predicted molar refractivity (Wildman–Crippen MR) is 136 cm³/mol. The number of hydrogen-bond acceptors (Lipinski definition) is 5. The van der Waals surface area contributed by atoms with Gasteiger partial charge in [0.25, 0.3) is 11.5 Å². The SMILES string of the molecule is Cn1nc(-c2ccccc2)c(-c2ccccc2)c(C(=O)Nc2nc(-c3ccccc3)cs2)c1=O. The molecule has 1 N–H and O–H groups in total. The van der Waals surface area contributed by atoms with Crippen LogP contribution in [-0.4, -0.2) is 20.7 Å². The first kappa shape index (κ1) is 21.5. The third kappa shape index (κ3) is 4.16. The fourth-order valence-electron chi connectivity index (χ4n) is 3.76. The van der Waals surface area contributed by atoms with E-state index in [-0.39, 0.29) is 5.56 Å². The van der Waals surface area contributed by atoms with Crippen molar-refractivity contribution in [2.45, 2.75) is 0 Å². The van der Waals surface area contributed by atoms with Crippen molar-refractivity contribution in [2.75, 3.05) is 5.32 Å². The fraction of sp³-hybridized carbons (Fsp3) is 0.0370. The van der Waals surface area contributed by atoms with Crippen LogP contribution in [0.25, 0.3) is 33.6 Å². The molecular weight excluding hydrogens is 444 g/mol. The molecule has 0 fully saturated rings. The van der Waals surface area contributed by atoms with Gasteiger partial charge in [-0.15, -0.1) is 11.3 Å². The number of aromatic nitrogens is 3. The first-order valence-electron chi connectivity index (χ1n) is 10.7. The van der Waals surface area contributed by atoms with Gasteiger partial charge in [-0.2, -0.15) is 5.10 Å². The average Bonchev–Trinajstić information content (AvgIpc) is 3.35. The molecule has 0 saturated heterocycles. The van der Waals surface area contributed by atoms with Crippen LogP contribution in [0.2, 0.25) is 0 Å². The Labute approximate surface area is 200 Å². The lowest BCUT2D eigenvalue weighted by Crippen LogP contribution is -2.31. The summed E-state index contributed by atoms with van der Waals surface area (Å²) in [6, 6.07) is 28.6. The van der Waals surface area contributed by atoms with E-state index >= 15 is 0 Å². The Hall–Kier alpha value is -4.36. The second-order valence-electron chi connectivity index (χ2n) is 7.62. The zero-order valence-corrected chi connectivity index (χ0v) is 19.1. The van der Waals surface area contributed by atoms with Crippen LogP contribution < -0.4 is 10.9 Å². The second kappa shape index (κ2) is 9.25. The molecule has 0 unspecified atom stereocenters. The lowest BCUT2D eigenvalue weighted by Gasteiger charge is -2.15. The summed E-state index contributed by atoms with van der Waals surface area (Å²) in [5.41, 5.74) is 3.87. The van der Waals surface area contributed by atoms with Crippen molar-refractivity contribution in [1.82, 2.24) is 14.8 Å². The molecule has 0 aliphatic heterocycles. The maximum Gasteiger partial charge on any atom is 0.280 e. The van der Waals surface area contributed by atoms with E-state index in [0.717, 1.165) is 22.4 Å². The Bertz CT molecular complexity index is 1510. The van der Waals surface area contributed by atoms with Crippen molar-refractivity contribution in [3.05, 3.63) is 112 Å². The van der Waals surface area contributed by atoms with E-state index in [0.29, 0.717) is 16.4 Å². The van der Waals surface area contributed by atoms with E-state index in [1.54, 1.807) is 7.05 Å². The van der Waals surface area contributed by atoms with Crippen molar-refractivity contribution in [2.24, 2.45) is 7.05 Å². The minimum Gasteiger partial charge on any atom is -0.298 e. The van der Waals surface area contributed by atoms with Gasteiger partial charge < -0.3 is 0 Å². The lowest BCUT2D eigenvalue weighted by molar-refractivity contribution is 0.102. The summed E-state index contributed by atoms with van der Waals surface area (Å²) in [7, 11) is 1.55. The summed E-state index contributed by atoms with van der Waals surface area (Å²) in [4.78, 5) is 31.3. The molecule has 166 valence electrons. The van der Waals surface area contributed by atoms with Gasteiger partial charge in [0, 0.05) is 29.1 Å². The molecule has 2 heterocycles.